The van der Waals surface area contributed by atoms with E-state index < -0.39 is 29.2 Å². The molecule has 15 heavy (non-hydrogen) atoms. The van der Waals surface area contributed by atoms with Crippen molar-refractivity contribution in [3.05, 3.63) is 23.5 Å². The van der Waals surface area contributed by atoms with Crippen LogP contribution in [0.1, 0.15) is 0 Å². The molecule has 1 N–H and O–H groups in total. The molecule has 0 heterocycles. The molecule has 7 nitrogen and oxygen atoms in total. The zero-order valence-electron chi connectivity index (χ0n) is 7.55. The third kappa shape index (κ3) is 3.94. The number of methoxy groups -OCH3 is 1. The van der Waals surface area contributed by atoms with Gasteiger partial charge in [-0.1, -0.05) is 0 Å². The van der Waals surface area contributed by atoms with E-state index in [1.807, 2.05) is 0 Å². The Balaban J connectivity index is 5.10. The maximum absolute atomic E-state index is 10.7. The topological polar surface area (TPSA) is 127 Å². The van der Waals surface area contributed by atoms with E-state index in [9.17, 15) is 24.6 Å². The first kappa shape index (κ1) is 12.7. The zero-order chi connectivity index (χ0) is 12.0. The maximum Gasteiger partial charge on any atom is 0.330 e. The summed E-state index contributed by atoms with van der Waals surface area (Å²) < 4.78 is 4.11. The Morgan fingerprint density at radius 2 is 1.73 bits per heavy atom. The second kappa shape index (κ2) is 5.43. The number of esters is 1. The highest BCUT2D eigenvalue weighted by Crippen LogP contribution is 2.00. The van der Waals surface area contributed by atoms with E-state index >= 15 is 0 Å². The van der Waals surface area contributed by atoms with Gasteiger partial charge < -0.3 is 24.9 Å². The molecule has 0 saturated heterocycles. The molecule has 0 amide bonds. The number of ether oxygens (including phenoxy) is 1. The van der Waals surface area contributed by atoms with Gasteiger partial charge in [0.1, 0.15) is 0 Å². The number of hydrogen-bond acceptors (Lipinski definition) is 6. The molecule has 0 aliphatic heterocycles. The molecule has 7 heteroatoms. The number of hydrogen-bond donors (Lipinski definition) is 1. The molecular formula is C8H6O7-2. The fourth-order valence-corrected chi connectivity index (χ4v) is 0.571. The average molecular weight is 214 g/mol. The Morgan fingerprint density at radius 1 is 1.20 bits per heavy atom. The van der Waals surface area contributed by atoms with E-state index in [4.69, 9.17) is 5.11 Å². The smallest absolute Gasteiger partial charge is 0.330 e. The molecule has 0 aromatic heterocycles. The van der Waals surface area contributed by atoms with Crippen LogP contribution in [-0.2, 0) is 19.1 Å². The van der Waals surface area contributed by atoms with Crippen LogP contribution in [0.15, 0.2) is 23.5 Å². The first-order valence-electron chi connectivity index (χ1n) is 3.52. The maximum atomic E-state index is 10.7. The van der Waals surface area contributed by atoms with Crippen LogP contribution in [0.3, 0.4) is 0 Å². The van der Waals surface area contributed by atoms with Crippen LogP contribution in [-0.4, -0.2) is 30.1 Å². The lowest BCUT2D eigenvalue weighted by Gasteiger charge is -2.12. The first-order valence-corrected chi connectivity index (χ1v) is 3.52. The zero-order valence-corrected chi connectivity index (χ0v) is 7.55. The molecule has 0 aromatic rings. The highest BCUT2D eigenvalue weighted by molar-refractivity contribution is 5.99. The summed E-state index contributed by atoms with van der Waals surface area (Å²) in [6, 6.07) is 0. The summed E-state index contributed by atoms with van der Waals surface area (Å²) in [7, 11) is 1.03. The summed E-state index contributed by atoms with van der Waals surface area (Å²) in [4.78, 5) is 31.0. The van der Waals surface area contributed by atoms with Gasteiger partial charge in [-0.05, 0) is 17.4 Å². The molecule has 0 rings (SSSR count). The molecule has 0 fully saturated rings. The van der Waals surface area contributed by atoms with E-state index in [-0.39, 0.29) is 0 Å². The Morgan fingerprint density at radius 3 is 2.07 bits per heavy atom. The van der Waals surface area contributed by atoms with Crippen LogP contribution in [0.4, 0.5) is 0 Å². The van der Waals surface area contributed by atoms with Crippen molar-refractivity contribution in [2.75, 3.05) is 7.11 Å². The number of aliphatic carboxylic acids is 2. The monoisotopic (exact) mass is 214 g/mol. The molecule has 0 aliphatic carbocycles. The van der Waals surface area contributed by atoms with Crippen LogP contribution in [0, 0.1) is 0 Å². The highest BCUT2D eigenvalue weighted by Gasteiger charge is 2.03. The predicted molar refractivity (Wildman–Crippen MR) is 40.8 cm³/mol. The van der Waals surface area contributed by atoms with Gasteiger partial charge in [-0.15, -0.1) is 0 Å². The molecule has 0 saturated carbocycles. The van der Waals surface area contributed by atoms with E-state index in [0.717, 1.165) is 7.11 Å². The summed E-state index contributed by atoms with van der Waals surface area (Å²) in [6.07, 6.45) is 1.11. The molecule has 0 aliphatic rings. The molecule has 0 spiro atoms. The molecule has 0 radical (unpaired) electrons. The largest absolute Gasteiger partial charge is 0.867 e. The van der Waals surface area contributed by atoms with Crippen molar-refractivity contribution in [1.82, 2.24) is 0 Å². The molecular weight excluding hydrogens is 208 g/mol. The number of carbonyl (C=O) groups is 3. The SMILES string of the molecule is COC(=O)/C=C/C(C(=O)[O-])=C(\[O-])C(=O)O. The summed E-state index contributed by atoms with van der Waals surface area (Å²) in [6.45, 7) is 0. The summed E-state index contributed by atoms with van der Waals surface area (Å²) in [5.41, 5.74) is -1.13. The molecule has 0 atom stereocenters. The van der Waals surface area contributed by atoms with Crippen molar-refractivity contribution in [3.63, 3.8) is 0 Å². The van der Waals surface area contributed by atoms with Crippen molar-refractivity contribution >= 4 is 17.9 Å². The Labute approximate surface area is 83.9 Å². The van der Waals surface area contributed by atoms with Crippen LogP contribution >= 0.6 is 0 Å². The normalized spacial score (nSPS) is 12.1. The lowest BCUT2D eigenvalue weighted by Crippen LogP contribution is -2.29. The second-order valence-electron chi connectivity index (χ2n) is 2.19. The lowest BCUT2D eigenvalue weighted by molar-refractivity contribution is -0.313. The minimum absolute atomic E-state index is 0.512. The van der Waals surface area contributed by atoms with Crippen LogP contribution < -0.4 is 10.2 Å². The molecule has 0 unspecified atom stereocenters. The third-order valence-electron chi connectivity index (χ3n) is 1.25. The average Bonchev–Trinajstić information content (AvgIpc) is 2.16. The fraction of sp³-hybridized carbons (Fsp3) is 0.125. The van der Waals surface area contributed by atoms with Crippen LogP contribution in [0.25, 0.3) is 0 Å². The lowest BCUT2D eigenvalue weighted by atomic mass is 10.2. The number of carboxylic acids is 2. The second-order valence-corrected chi connectivity index (χ2v) is 2.19. The van der Waals surface area contributed by atoms with Crippen molar-refractivity contribution in [3.8, 4) is 0 Å². The summed E-state index contributed by atoms with van der Waals surface area (Å²) in [5, 5.41) is 29.2. The number of rotatable bonds is 4. The van der Waals surface area contributed by atoms with Gasteiger partial charge in [0.05, 0.1) is 13.1 Å². The number of carbonyl (C=O) groups excluding carboxylic acids is 2. The van der Waals surface area contributed by atoms with Crippen molar-refractivity contribution in [2.24, 2.45) is 0 Å². The Hall–Kier alpha value is -2.31. The van der Waals surface area contributed by atoms with Gasteiger partial charge >= 0.3 is 11.9 Å². The minimum atomic E-state index is -1.98. The van der Waals surface area contributed by atoms with Crippen LogP contribution in [0.2, 0.25) is 0 Å². The van der Waals surface area contributed by atoms with Crippen molar-refractivity contribution in [2.45, 2.75) is 0 Å². The molecule has 82 valence electrons. The summed E-state index contributed by atoms with van der Waals surface area (Å²) in [5.74, 6) is -6.53. The van der Waals surface area contributed by atoms with Gasteiger partial charge in [0, 0.05) is 6.08 Å². The van der Waals surface area contributed by atoms with Gasteiger partial charge in [-0.2, -0.15) is 0 Å². The minimum Gasteiger partial charge on any atom is -0.867 e. The van der Waals surface area contributed by atoms with Gasteiger partial charge in [-0.3, -0.25) is 0 Å². The predicted octanol–water partition coefficient (Wildman–Crippen LogP) is -2.84. The Kier molecular flexibility index (Phi) is 4.59. The fourth-order valence-electron chi connectivity index (χ4n) is 0.571. The summed E-state index contributed by atoms with van der Waals surface area (Å²) >= 11 is 0. The van der Waals surface area contributed by atoms with Gasteiger partial charge in [0.2, 0.25) is 0 Å². The van der Waals surface area contributed by atoms with Crippen molar-refractivity contribution in [1.29, 1.82) is 0 Å². The third-order valence-corrected chi connectivity index (χ3v) is 1.25. The van der Waals surface area contributed by atoms with E-state index in [2.05, 4.69) is 4.74 Å². The molecule has 0 aromatic carbocycles. The van der Waals surface area contributed by atoms with E-state index in [0.29, 0.717) is 12.2 Å². The Bertz CT molecular complexity index is 350. The van der Waals surface area contributed by atoms with E-state index in [1.165, 1.54) is 0 Å². The van der Waals surface area contributed by atoms with Crippen LogP contribution in [0.5, 0.6) is 0 Å². The number of carboxylic acid groups (broad SMARTS) is 2. The quantitative estimate of drug-likeness (QED) is 0.231. The van der Waals surface area contributed by atoms with Gasteiger partial charge in [-0.25, -0.2) is 9.59 Å². The first-order chi connectivity index (χ1) is 6.90. The van der Waals surface area contributed by atoms with E-state index in [1.54, 1.807) is 0 Å². The highest BCUT2D eigenvalue weighted by atomic mass is 16.5. The van der Waals surface area contributed by atoms with Gasteiger partial charge in [0.15, 0.2) is 0 Å². The van der Waals surface area contributed by atoms with Gasteiger partial charge in [0.25, 0.3) is 0 Å². The van der Waals surface area contributed by atoms with Crippen molar-refractivity contribution < 1.29 is 34.4 Å². The molecule has 0 bridgehead atoms. The standard InChI is InChI=1S/C8H8O7/c1-15-5(9)3-2-4(7(11)12)6(10)8(13)14/h2-3,10H,1H3,(H,11,12)(H,13,14)/p-2/b3-2+,6-4+.